The molecule has 0 atom stereocenters. The van der Waals surface area contributed by atoms with E-state index in [2.05, 4.69) is 18.5 Å². The van der Waals surface area contributed by atoms with Crippen LogP contribution in [0.25, 0.3) is 0 Å². The van der Waals surface area contributed by atoms with E-state index in [9.17, 15) is 9.59 Å². The van der Waals surface area contributed by atoms with Gasteiger partial charge >= 0.3 is 6.03 Å². The Morgan fingerprint density at radius 3 is 2.35 bits per heavy atom. The molecule has 0 saturated heterocycles. The number of rotatable bonds is 7. The Kier molecular flexibility index (Phi) is 8.96. The second kappa shape index (κ2) is 10.3. The number of nitrogens with one attached hydrogen (secondary N) is 1. The van der Waals surface area contributed by atoms with Crippen LogP contribution >= 0.6 is 0 Å². The van der Waals surface area contributed by atoms with Crippen LogP contribution in [0, 0.1) is 0 Å². The zero-order valence-electron chi connectivity index (χ0n) is 11.9. The first-order valence-electron chi connectivity index (χ1n) is 6.10. The van der Waals surface area contributed by atoms with E-state index < -0.39 is 6.03 Å². The van der Waals surface area contributed by atoms with Gasteiger partial charge in [0.05, 0.1) is 5.70 Å². The van der Waals surface area contributed by atoms with E-state index in [-0.39, 0.29) is 0 Å². The molecule has 0 heterocycles. The van der Waals surface area contributed by atoms with E-state index in [4.69, 9.17) is 0 Å². The summed E-state index contributed by atoms with van der Waals surface area (Å²) in [5, 5.41) is 2.62. The second-order valence-electron chi connectivity index (χ2n) is 3.57. The molecule has 0 saturated carbocycles. The fraction of sp³-hybridized carbons (Fsp3) is 0.125. The van der Waals surface area contributed by atoms with Gasteiger partial charge in [-0.25, -0.2) is 9.69 Å². The summed E-state index contributed by atoms with van der Waals surface area (Å²) in [5.74, 6) is 0. The molecular formula is C16H20N2O2. The van der Waals surface area contributed by atoms with Crippen molar-refractivity contribution >= 4 is 12.4 Å². The molecule has 0 fully saturated rings. The van der Waals surface area contributed by atoms with Gasteiger partial charge in [0, 0.05) is 5.70 Å². The Morgan fingerprint density at radius 2 is 1.90 bits per heavy atom. The van der Waals surface area contributed by atoms with Gasteiger partial charge in [0.1, 0.15) is 0 Å². The van der Waals surface area contributed by atoms with Crippen LogP contribution in [-0.2, 0) is 4.79 Å². The van der Waals surface area contributed by atoms with Crippen LogP contribution in [0.1, 0.15) is 13.8 Å². The molecule has 1 N–H and O–H groups in total. The quantitative estimate of drug-likeness (QED) is 0.570. The van der Waals surface area contributed by atoms with Crippen molar-refractivity contribution in [3.05, 3.63) is 73.2 Å². The minimum Gasteiger partial charge on any atom is -0.308 e. The number of allylic oxidation sites excluding steroid dienone is 8. The number of hydrogen-bond donors (Lipinski definition) is 1. The molecule has 0 aliphatic carbocycles. The summed E-state index contributed by atoms with van der Waals surface area (Å²) < 4.78 is 0. The van der Waals surface area contributed by atoms with Crippen molar-refractivity contribution in [1.29, 1.82) is 0 Å². The Labute approximate surface area is 120 Å². The molecule has 106 valence electrons. The van der Waals surface area contributed by atoms with Crippen LogP contribution in [0.5, 0.6) is 0 Å². The molecule has 0 aromatic heterocycles. The van der Waals surface area contributed by atoms with Crippen molar-refractivity contribution in [3.8, 4) is 0 Å². The summed E-state index contributed by atoms with van der Waals surface area (Å²) in [5.41, 5.74) is 0.933. The summed E-state index contributed by atoms with van der Waals surface area (Å²) in [6, 6.07) is -0.564. The highest BCUT2D eigenvalue weighted by atomic mass is 16.2. The van der Waals surface area contributed by atoms with Crippen LogP contribution < -0.4 is 5.32 Å². The summed E-state index contributed by atoms with van der Waals surface area (Å²) in [4.78, 5) is 24.0. The summed E-state index contributed by atoms with van der Waals surface area (Å²) in [7, 11) is 0. The first-order chi connectivity index (χ1) is 9.64. The Hall–Kier alpha value is -2.62. The summed E-state index contributed by atoms with van der Waals surface area (Å²) >= 11 is 0. The van der Waals surface area contributed by atoms with Gasteiger partial charge in [-0.2, -0.15) is 0 Å². The first kappa shape index (κ1) is 17.4. The number of carbonyl (C=O) groups excluding carboxylic acids is 2. The number of nitrogens with zero attached hydrogens (tertiary/aromatic N) is 1. The number of amides is 3. The van der Waals surface area contributed by atoms with Crippen LogP contribution in [0.15, 0.2) is 73.2 Å². The highest BCUT2D eigenvalue weighted by Crippen LogP contribution is 2.05. The van der Waals surface area contributed by atoms with Crippen molar-refractivity contribution < 1.29 is 9.59 Å². The third kappa shape index (κ3) is 5.82. The predicted octanol–water partition coefficient (Wildman–Crippen LogP) is 3.45. The maximum atomic E-state index is 12.0. The Balaban J connectivity index is 5.03. The molecule has 0 rings (SSSR count). The molecule has 20 heavy (non-hydrogen) atoms. The molecular weight excluding hydrogens is 252 g/mol. The maximum Gasteiger partial charge on any atom is 0.332 e. The van der Waals surface area contributed by atoms with Gasteiger partial charge in [0.15, 0.2) is 0 Å². The van der Waals surface area contributed by atoms with E-state index in [1.165, 1.54) is 18.2 Å². The Bertz CT molecular complexity index is 483. The zero-order valence-corrected chi connectivity index (χ0v) is 11.9. The molecule has 4 heteroatoms. The lowest BCUT2D eigenvalue weighted by Crippen LogP contribution is -2.37. The Morgan fingerprint density at radius 1 is 1.20 bits per heavy atom. The van der Waals surface area contributed by atoms with Gasteiger partial charge in [-0.1, -0.05) is 43.5 Å². The largest absolute Gasteiger partial charge is 0.332 e. The molecule has 0 spiro atoms. The monoisotopic (exact) mass is 272 g/mol. The van der Waals surface area contributed by atoms with Gasteiger partial charge in [0.25, 0.3) is 0 Å². The molecule has 0 bridgehead atoms. The second-order valence-corrected chi connectivity index (χ2v) is 3.57. The predicted molar refractivity (Wildman–Crippen MR) is 82.6 cm³/mol. The number of carbonyl (C=O) groups is 2. The van der Waals surface area contributed by atoms with Crippen LogP contribution in [0.2, 0.25) is 0 Å². The lowest BCUT2D eigenvalue weighted by Gasteiger charge is -2.17. The minimum absolute atomic E-state index is 0.348. The molecule has 4 nitrogen and oxygen atoms in total. The highest BCUT2D eigenvalue weighted by molar-refractivity contribution is 5.89. The van der Waals surface area contributed by atoms with Crippen molar-refractivity contribution in [2.45, 2.75) is 13.8 Å². The normalized spacial score (nSPS) is 12.5. The lowest BCUT2D eigenvalue weighted by molar-refractivity contribution is -0.114. The minimum atomic E-state index is -0.564. The topological polar surface area (TPSA) is 49.4 Å². The molecule has 0 unspecified atom stereocenters. The van der Waals surface area contributed by atoms with E-state index >= 15 is 0 Å². The van der Waals surface area contributed by atoms with E-state index in [1.807, 2.05) is 19.1 Å². The van der Waals surface area contributed by atoms with Gasteiger partial charge < -0.3 is 5.32 Å². The SMILES string of the molecule is C=C/C=C(\C=C)N(C=O)C(=O)NC(/C=C\C=C/C)=C/C. The van der Waals surface area contributed by atoms with Crippen molar-refractivity contribution in [2.24, 2.45) is 0 Å². The molecule has 3 amide bonds. The highest BCUT2D eigenvalue weighted by Gasteiger charge is 2.15. The van der Waals surface area contributed by atoms with Crippen LogP contribution in [-0.4, -0.2) is 17.3 Å². The van der Waals surface area contributed by atoms with Crippen molar-refractivity contribution in [1.82, 2.24) is 10.2 Å². The van der Waals surface area contributed by atoms with Crippen molar-refractivity contribution in [3.63, 3.8) is 0 Å². The van der Waals surface area contributed by atoms with E-state index in [0.29, 0.717) is 17.8 Å². The average molecular weight is 272 g/mol. The van der Waals surface area contributed by atoms with Gasteiger partial charge in [-0.05, 0) is 32.1 Å². The average Bonchev–Trinajstić information content (AvgIpc) is 2.46. The molecule has 0 aliphatic heterocycles. The fourth-order valence-corrected chi connectivity index (χ4v) is 1.26. The van der Waals surface area contributed by atoms with Crippen LogP contribution in [0.3, 0.4) is 0 Å². The smallest absolute Gasteiger partial charge is 0.308 e. The van der Waals surface area contributed by atoms with Gasteiger partial charge in [0.2, 0.25) is 6.41 Å². The first-order valence-corrected chi connectivity index (χ1v) is 6.10. The number of urea groups is 1. The molecule has 0 radical (unpaired) electrons. The molecule has 0 aliphatic rings. The van der Waals surface area contributed by atoms with Crippen molar-refractivity contribution in [2.75, 3.05) is 0 Å². The summed E-state index contributed by atoms with van der Waals surface area (Å²) in [6.45, 7) is 10.8. The van der Waals surface area contributed by atoms with Crippen LogP contribution in [0.4, 0.5) is 4.79 Å². The maximum absolute atomic E-state index is 12.0. The van der Waals surface area contributed by atoms with E-state index in [1.54, 1.807) is 25.2 Å². The fourth-order valence-electron chi connectivity index (χ4n) is 1.26. The van der Waals surface area contributed by atoms with Gasteiger partial charge in [-0.3, -0.25) is 4.79 Å². The summed E-state index contributed by atoms with van der Waals surface area (Å²) in [6.07, 6.45) is 13.8. The third-order valence-corrected chi connectivity index (χ3v) is 2.24. The standard InChI is InChI=1S/C16H20N2O2/c1-5-9-10-12-14(7-3)17-16(20)18(13-19)15(8-4)11-6-2/h5-13H,2,4H2,1,3H3,(H,17,20)/b9-5-,12-10-,14-7+,15-11+. The number of hydrogen-bond acceptors (Lipinski definition) is 2. The zero-order chi connectivity index (χ0) is 15.4. The lowest BCUT2D eigenvalue weighted by atomic mass is 10.3. The number of imide groups is 1. The molecule has 0 aromatic rings. The third-order valence-electron chi connectivity index (χ3n) is 2.24. The molecule has 0 aromatic carbocycles. The van der Waals surface area contributed by atoms with E-state index in [0.717, 1.165) is 4.90 Å². The van der Waals surface area contributed by atoms with Gasteiger partial charge in [-0.15, -0.1) is 0 Å².